The van der Waals surface area contributed by atoms with Gasteiger partial charge in [0.05, 0.1) is 12.4 Å². The smallest absolute Gasteiger partial charge is 0.240 e. The van der Waals surface area contributed by atoms with Gasteiger partial charge in [-0.2, -0.15) is 0 Å². The third kappa shape index (κ3) is 3.07. The Morgan fingerprint density at radius 2 is 2.17 bits per heavy atom. The van der Waals surface area contributed by atoms with Gasteiger partial charge in [-0.1, -0.05) is 16.6 Å². The van der Waals surface area contributed by atoms with E-state index in [9.17, 15) is 12.8 Å². The van der Waals surface area contributed by atoms with Crippen LogP contribution >= 0.6 is 0 Å². The second kappa shape index (κ2) is 5.34. The molecular weight excluding hydrogens is 257 g/mol. The summed E-state index contributed by atoms with van der Waals surface area (Å²) in [5, 5.41) is 0. The summed E-state index contributed by atoms with van der Waals surface area (Å²) in [6.07, 6.45) is 1.63. The Balaban J connectivity index is 2.16. The summed E-state index contributed by atoms with van der Waals surface area (Å²) in [5.41, 5.74) is 0.942. The number of halogens is 1. The Hall–Kier alpha value is -0.980. The Kier molecular flexibility index (Phi) is 3.99. The summed E-state index contributed by atoms with van der Waals surface area (Å²) in [7, 11) is -3.60. The molecular formula is C12H16FNO3S. The summed E-state index contributed by atoms with van der Waals surface area (Å²) >= 11 is 0. The van der Waals surface area contributed by atoms with Crippen LogP contribution in [-0.2, 0) is 20.6 Å². The Labute approximate surface area is 106 Å². The molecule has 2 rings (SSSR count). The zero-order valence-electron chi connectivity index (χ0n) is 10.2. The van der Waals surface area contributed by atoms with E-state index in [1.54, 1.807) is 13.0 Å². The van der Waals surface area contributed by atoms with E-state index in [-0.39, 0.29) is 11.3 Å². The van der Waals surface area contributed by atoms with Crippen molar-refractivity contribution in [1.29, 1.82) is 0 Å². The van der Waals surface area contributed by atoms with Crippen molar-refractivity contribution in [3.8, 4) is 0 Å². The highest BCUT2D eigenvalue weighted by Gasteiger charge is 2.26. The monoisotopic (exact) mass is 273 g/mol. The Morgan fingerprint density at radius 3 is 2.78 bits per heavy atom. The second-order valence-corrected chi connectivity index (χ2v) is 6.28. The van der Waals surface area contributed by atoms with Crippen molar-refractivity contribution in [1.82, 2.24) is 4.47 Å². The lowest BCUT2D eigenvalue weighted by atomic mass is 10.2. The van der Waals surface area contributed by atoms with Crippen LogP contribution in [0.4, 0.5) is 4.39 Å². The van der Waals surface area contributed by atoms with Crippen LogP contribution in [0, 0.1) is 12.7 Å². The van der Waals surface area contributed by atoms with Crippen molar-refractivity contribution in [3.63, 3.8) is 0 Å². The minimum absolute atomic E-state index is 0.176. The average molecular weight is 273 g/mol. The fourth-order valence-corrected chi connectivity index (χ4v) is 3.24. The third-order valence-electron chi connectivity index (χ3n) is 2.83. The van der Waals surface area contributed by atoms with E-state index in [0.29, 0.717) is 13.2 Å². The summed E-state index contributed by atoms with van der Waals surface area (Å²) in [6, 6.07) is 4.54. The van der Waals surface area contributed by atoms with Crippen molar-refractivity contribution >= 4 is 10.0 Å². The highest BCUT2D eigenvalue weighted by Crippen LogP contribution is 2.18. The van der Waals surface area contributed by atoms with E-state index in [1.165, 1.54) is 12.1 Å². The van der Waals surface area contributed by atoms with Crippen molar-refractivity contribution < 1.29 is 17.6 Å². The first-order valence-corrected chi connectivity index (χ1v) is 7.48. The molecule has 18 heavy (non-hydrogen) atoms. The quantitative estimate of drug-likeness (QED) is 0.846. The van der Waals surface area contributed by atoms with Crippen LogP contribution in [0.5, 0.6) is 0 Å². The molecule has 4 nitrogen and oxygen atoms in total. The van der Waals surface area contributed by atoms with Gasteiger partial charge in [0.15, 0.2) is 0 Å². The summed E-state index contributed by atoms with van der Waals surface area (Å²) < 4.78 is 38.7. The zero-order valence-corrected chi connectivity index (χ0v) is 11.0. The van der Waals surface area contributed by atoms with Gasteiger partial charge in [-0.15, -0.1) is 0 Å². The molecule has 0 saturated carbocycles. The maximum atomic E-state index is 13.6. The van der Waals surface area contributed by atoms with Crippen LogP contribution in [0.1, 0.15) is 24.0 Å². The molecule has 100 valence electrons. The van der Waals surface area contributed by atoms with Gasteiger partial charge in [0, 0.05) is 12.1 Å². The first-order valence-electron chi connectivity index (χ1n) is 5.87. The predicted octanol–water partition coefficient (Wildman–Crippen LogP) is 1.99. The zero-order chi connectivity index (χ0) is 13.2. The van der Waals surface area contributed by atoms with Gasteiger partial charge in [0.1, 0.15) is 5.82 Å². The number of hydroxylamine groups is 1. The van der Waals surface area contributed by atoms with E-state index in [2.05, 4.69) is 0 Å². The van der Waals surface area contributed by atoms with Gasteiger partial charge >= 0.3 is 0 Å². The summed E-state index contributed by atoms with van der Waals surface area (Å²) in [5.74, 6) is -0.852. The molecule has 0 spiro atoms. The molecule has 1 aromatic carbocycles. The molecule has 1 aliphatic heterocycles. The first-order chi connectivity index (χ1) is 8.49. The average Bonchev–Trinajstić information content (AvgIpc) is 2.34. The lowest BCUT2D eigenvalue weighted by Gasteiger charge is -2.25. The van der Waals surface area contributed by atoms with E-state index in [4.69, 9.17) is 4.84 Å². The maximum Gasteiger partial charge on any atom is 0.240 e. The lowest BCUT2D eigenvalue weighted by Crippen LogP contribution is -2.36. The number of rotatable bonds is 3. The van der Waals surface area contributed by atoms with Crippen LogP contribution in [0.25, 0.3) is 0 Å². The predicted molar refractivity (Wildman–Crippen MR) is 65.7 cm³/mol. The van der Waals surface area contributed by atoms with Gasteiger partial charge in [-0.05, 0) is 31.4 Å². The fraction of sp³-hybridized carbons (Fsp3) is 0.500. The minimum atomic E-state index is -3.60. The molecule has 0 amide bonds. The molecule has 0 radical (unpaired) electrons. The Morgan fingerprint density at radius 1 is 1.39 bits per heavy atom. The van der Waals surface area contributed by atoms with Crippen LogP contribution < -0.4 is 0 Å². The molecule has 1 heterocycles. The molecule has 0 aliphatic carbocycles. The van der Waals surface area contributed by atoms with Crippen LogP contribution in [0.15, 0.2) is 18.2 Å². The van der Waals surface area contributed by atoms with Crippen molar-refractivity contribution in [3.05, 3.63) is 35.1 Å². The summed E-state index contributed by atoms with van der Waals surface area (Å²) in [6.45, 7) is 2.50. The van der Waals surface area contributed by atoms with Gasteiger partial charge in [-0.25, -0.2) is 12.8 Å². The van der Waals surface area contributed by atoms with Crippen LogP contribution in [0.2, 0.25) is 0 Å². The van der Waals surface area contributed by atoms with Gasteiger partial charge in [0.25, 0.3) is 0 Å². The van der Waals surface area contributed by atoms with Gasteiger partial charge in [-0.3, -0.25) is 4.84 Å². The molecule has 1 saturated heterocycles. The normalized spacial score (nSPS) is 17.9. The first kappa shape index (κ1) is 13.5. The van der Waals surface area contributed by atoms with E-state index >= 15 is 0 Å². The standard InChI is InChI=1S/C12H16FNO3S/c1-10-4-5-11(12(13)8-10)9-18(15,16)14-6-2-3-7-17-14/h4-5,8H,2-3,6-7,9H2,1H3. The SMILES string of the molecule is Cc1ccc(CS(=O)(=O)N2CCCCO2)c(F)c1. The Bertz CT molecular complexity index is 524. The maximum absolute atomic E-state index is 13.6. The molecule has 0 unspecified atom stereocenters. The molecule has 0 aromatic heterocycles. The van der Waals surface area contributed by atoms with Gasteiger partial charge < -0.3 is 0 Å². The highest BCUT2D eigenvalue weighted by atomic mass is 32.2. The van der Waals surface area contributed by atoms with Gasteiger partial charge in [0.2, 0.25) is 10.0 Å². The van der Waals surface area contributed by atoms with Crippen LogP contribution in [-0.4, -0.2) is 26.0 Å². The summed E-state index contributed by atoms with van der Waals surface area (Å²) in [4.78, 5) is 5.10. The number of sulfonamides is 1. The number of aryl methyl sites for hydroxylation is 1. The molecule has 0 bridgehead atoms. The number of hydrogen-bond acceptors (Lipinski definition) is 3. The molecule has 0 atom stereocenters. The number of nitrogens with zero attached hydrogens (tertiary/aromatic N) is 1. The molecule has 0 N–H and O–H groups in total. The molecule has 1 fully saturated rings. The molecule has 1 aliphatic rings. The number of hydrogen-bond donors (Lipinski definition) is 0. The minimum Gasteiger partial charge on any atom is -0.284 e. The molecule has 1 aromatic rings. The van der Waals surface area contributed by atoms with E-state index in [0.717, 1.165) is 22.9 Å². The second-order valence-electron chi connectivity index (χ2n) is 4.42. The molecule has 6 heteroatoms. The third-order valence-corrected chi connectivity index (χ3v) is 4.41. The number of benzene rings is 1. The van der Waals surface area contributed by atoms with Crippen molar-refractivity contribution in [2.75, 3.05) is 13.2 Å². The topological polar surface area (TPSA) is 46.6 Å². The highest BCUT2D eigenvalue weighted by molar-refractivity contribution is 7.88. The van der Waals surface area contributed by atoms with Crippen LogP contribution in [0.3, 0.4) is 0 Å². The van der Waals surface area contributed by atoms with Crippen molar-refractivity contribution in [2.24, 2.45) is 0 Å². The fourth-order valence-electron chi connectivity index (χ4n) is 1.83. The largest absolute Gasteiger partial charge is 0.284 e. The van der Waals surface area contributed by atoms with E-state index in [1.807, 2.05) is 0 Å². The lowest BCUT2D eigenvalue weighted by molar-refractivity contribution is -0.109. The van der Waals surface area contributed by atoms with E-state index < -0.39 is 15.8 Å². The van der Waals surface area contributed by atoms with Crippen molar-refractivity contribution in [2.45, 2.75) is 25.5 Å².